The van der Waals surface area contributed by atoms with Crippen LogP contribution in [0.5, 0.6) is 0 Å². The predicted octanol–water partition coefficient (Wildman–Crippen LogP) is 2.20. The molecule has 0 radical (unpaired) electrons. The molecule has 1 aliphatic rings. The molecule has 0 unspecified atom stereocenters. The maximum Gasteiger partial charge on any atom is 0.278 e. The molecule has 0 aliphatic carbocycles. The summed E-state index contributed by atoms with van der Waals surface area (Å²) in [5.74, 6) is 0.163. The van der Waals surface area contributed by atoms with Gasteiger partial charge in [-0.3, -0.25) is 19.9 Å². The summed E-state index contributed by atoms with van der Waals surface area (Å²) in [5.41, 5.74) is 1.59. The first-order valence-electron chi connectivity index (χ1n) is 7.66. The number of carbonyl (C=O) groups is 1. The zero-order chi connectivity index (χ0) is 16.4. The van der Waals surface area contributed by atoms with Crippen molar-refractivity contribution in [2.45, 2.75) is 13.3 Å². The number of rotatable bonds is 3. The van der Waals surface area contributed by atoms with Crippen LogP contribution >= 0.6 is 0 Å². The van der Waals surface area contributed by atoms with Crippen LogP contribution in [0.1, 0.15) is 13.3 Å². The van der Waals surface area contributed by atoms with E-state index in [4.69, 9.17) is 0 Å². The van der Waals surface area contributed by atoms with Crippen molar-refractivity contribution in [3.63, 3.8) is 0 Å². The van der Waals surface area contributed by atoms with Gasteiger partial charge >= 0.3 is 0 Å². The van der Waals surface area contributed by atoms with Crippen LogP contribution in [-0.4, -0.2) is 46.9 Å². The van der Waals surface area contributed by atoms with Crippen molar-refractivity contribution >= 4 is 28.2 Å². The molecular weight excluding hydrogens is 296 g/mol. The molecule has 2 aromatic rings. The van der Waals surface area contributed by atoms with Crippen LogP contribution in [-0.2, 0) is 4.79 Å². The molecule has 7 heteroatoms. The van der Waals surface area contributed by atoms with E-state index < -0.39 is 0 Å². The number of nitro benzene ring substituents is 1. The standard InChI is InChI=1S/C16H18N4O3/c1-2-15(21)19-10-8-18(9-11-19)14-6-5-13(20(22)23)12-4-3-7-17-16(12)14/h3-7H,2,8-11H2,1H3. The SMILES string of the molecule is CCC(=O)N1CCN(c2ccc([N+](=O)[O-])c3cccnc23)CC1. The molecule has 3 rings (SSSR count). The van der Waals surface area contributed by atoms with Crippen molar-refractivity contribution in [1.29, 1.82) is 0 Å². The van der Waals surface area contributed by atoms with E-state index in [0.29, 0.717) is 43.5 Å². The zero-order valence-corrected chi connectivity index (χ0v) is 12.9. The molecule has 0 atom stereocenters. The number of hydrogen-bond donors (Lipinski definition) is 0. The van der Waals surface area contributed by atoms with Crippen LogP contribution < -0.4 is 4.90 Å². The molecule has 0 N–H and O–H groups in total. The summed E-state index contributed by atoms with van der Waals surface area (Å²) in [6, 6.07) is 6.71. The highest BCUT2D eigenvalue weighted by molar-refractivity contribution is 5.97. The first-order valence-corrected chi connectivity index (χ1v) is 7.66. The minimum atomic E-state index is -0.383. The van der Waals surface area contributed by atoms with E-state index in [0.717, 1.165) is 5.69 Å². The third-order valence-electron chi connectivity index (χ3n) is 4.20. The number of anilines is 1. The Balaban J connectivity index is 1.91. The number of benzene rings is 1. The fraction of sp³-hybridized carbons (Fsp3) is 0.375. The lowest BCUT2D eigenvalue weighted by Gasteiger charge is -2.36. The molecule has 1 aromatic heterocycles. The van der Waals surface area contributed by atoms with Crippen LogP contribution in [0, 0.1) is 10.1 Å². The normalized spacial score (nSPS) is 15.0. The fourth-order valence-electron chi connectivity index (χ4n) is 2.98. The summed E-state index contributed by atoms with van der Waals surface area (Å²) in [5, 5.41) is 11.7. The van der Waals surface area contributed by atoms with Crippen LogP contribution in [0.25, 0.3) is 10.9 Å². The third kappa shape index (κ3) is 2.81. The van der Waals surface area contributed by atoms with Crippen molar-refractivity contribution in [3.05, 3.63) is 40.6 Å². The molecule has 1 fully saturated rings. The highest BCUT2D eigenvalue weighted by Gasteiger charge is 2.23. The number of pyridine rings is 1. The quantitative estimate of drug-likeness (QED) is 0.641. The van der Waals surface area contributed by atoms with Crippen LogP contribution in [0.15, 0.2) is 30.5 Å². The van der Waals surface area contributed by atoms with Crippen LogP contribution in [0.2, 0.25) is 0 Å². The number of aromatic nitrogens is 1. The zero-order valence-electron chi connectivity index (χ0n) is 12.9. The van der Waals surface area contributed by atoms with Crippen LogP contribution in [0.4, 0.5) is 11.4 Å². The van der Waals surface area contributed by atoms with Gasteiger partial charge in [-0.1, -0.05) is 6.92 Å². The molecule has 0 saturated carbocycles. The van der Waals surface area contributed by atoms with Crippen molar-refractivity contribution < 1.29 is 9.72 Å². The molecule has 1 aromatic carbocycles. The maximum absolute atomic E-state index is 11.8. The molecule has 1 amide bonds. The van der Waals surface area contributed by atoms with E-state index in [1.165, 1.54) is 6.07 Å². The molecule has 7 nitrogen and oxygen atoms in total. The Bertz CT molecular complexity index is 754. The lowest BCUT2D eigenvalue weighted by molar-refractivity contribution is -0.383. The highest BCUT2D eigenvalue weighted by Crippen LogP contribution is 2.32. The monoisotopic (exact) mass is 314 g/mol. The molecule has 120 valence electrons. The van der Waals surface area contributed by atoms with Crippen molar-refractivity contribution in [2.75, 3.05) is 31.1 Å². The fourth-order valence-corrected chi connectivity index (χ4v) is 2.98. The Hall–Kier alpha value is -2.70. The van der Waals surface area contributed by atoms with Gasteiger partial charge in [0.25, 0.3) is 5.69 Å². The van der Waals surface area contributed by atoms with Gasteiger partial charge in [-0.2, -0.15) is 0 Å². The predicted molar refractivity (Wildman–Crippen MR) is 87.5 cm³/mol. The maximum atomic E-state index is 11.8. The van der Waals surface area contributed by atoms with Gasteiger partial charge in [-0.05, 0) is 18.2 Å². The summed E-state index contributed by atoms with van der Waals surface area (Å²) in [4.78, 5) is 30.9. The van der Waals surface area contributed by atoms with Gasteiger partial charge in [-0.25, -0.2) is 0 Å². The van der Waals surface area contributed by atoms with Gasteiger partial charge in [0, 0.05) is 44.9 Å². The number of amides is 1. The summed E-state index contributed by atoms with van der Waals surface area (Å²) >= 11 is 0. The summed E-state index contributed by atoms with van der Waals surface area (Å²) in [7, 11) is 0. The Labute approximate surface area is 133 Å². The van der Waals surface area contributed by atoms with Crippen molar-refractivity contribution in [2.24, 2.45) is 0 Å². The smallest absolute Gasteiger partial charge is 0.278 e. The average molecular weight is 314 g/mol. The number of non-ortho nitro benzene ring substituents is 1. The Morgan fingerprint density at radius 1 is 1.26 bits per heavy atom. The largest absolute Gasteiger partial charge is 0.366 e. The minimum absolute atomic E-state index is 0.0663. The van der Waals surface area contributed by atoms with Gasteiger partial charge in [0.2, 0.25) is 5.91 Å². The molecule has 0 spiro atoms. The summed E-state index contributed by atoms with van der Waals surface area (Å²) < 4.78 is 0. The lowest BCUT2D eigenvalue weighted by Crippen LogP contribution is -2.48. The van der Waals surface area contributed by atoms with E-state index >= 15 is 0 Å². The molecule has 2 heterocycles. The average Bonchev–Trinajstić information content (AvgIpc) is 2.60. The topological polar surface area (TPSA) is 79.6 Å². The second-order valence-corrected chi connectivity index (χ2v) is 5.48. The van der Waals surface area contributed by atoms with Crippen LogP contribution in [0.3, 0.4) is 0 Å². The lowest BCUT2D eigenvalue weighted by atomic mass is 10.1. The van der Waals surface area contributed by atoms with E-state index in [1.807, 2.05) is 11.8 Å². The van der Waals surface area contributed by atoms with E-state index in [1.54, 1.807) is 24.4 Å². The molecule has 1 saturated heterocycles. The Morgan fingerprint density at radius 3 is 2.65 bits per heavy atom. The Kier molecular flexibility index (Phi) is 4.10. The highest BCUT2D eigenvalue weighted by atomic mass is 16.6. The number of nitrogens with zero attached hydrogens (tertiary/aromatic N) is 4. The summed E-state index contributed by atoms with van der Waals surface area (Å²) in [6.07, 6.45) is 2.16. The molecule has 1 aliphatic heterocycles. The second kappa shape index (κ2) is 6.20. The Morgan fingerprint density at radius 2 is 2.00 bits per heavy atom. The number of piperazine rings is 1. The minimum Gasteiger partial charge on any atom is -0.366 e. The van der Waals surface area contributed by atoms with Gasteiger partial charge in [-0.15, -0.1) is 0 Å². The molecule has 0 bridgehead atoms. The molecule has 23 heavy (non-hydrogen) atoms. The number of hydrogen-bond acceptors (Lipinski definition) is 5. The summed E-state index contributed by atoms with van der Waals surface area (Å²) in [6.45, 7) is 4.60. The molecular formula is C16H18N4O3. The number of fused-ring (bicyclic) bond motifs is 1. The van der Waals surface area contributed by atoms with Crippen molar-refractivity contribution in [1.82, 2.24) is 9.88 Å². The van der Waals surface area contributed by atoms with Gasteiger partial charge in [0.15, 0.2) is 0 Å². The second-order valence-electron chi connectivity index (χ2n) is 5.48. The van der Waals surface area contributed by atoms with Gasteiger partial charge in [0.1, 0.15) is 5.52 Å². The van der Waals surface area contributed by atoms with E-state index in [2.05, 4.69) is 9.88 Å². The van der Waals surface area contributed by atoms with E-state index in [9.17, 15) is 14.9 Å². The first kappa shape index (κ1) is 15.2. The van der Waals surface area contributed by atoms with Gasteiger partial charge < -0.3 is 9.80 Å². The van der Waals surface area contributed by atoms with E-state index in [-0.39, 0.29) is 16.5 Å². The first-order chi connectivity index (χ1) is 11.1. The third-order valence-corrected chi connectivity index (χ3v) is 4.20. The number of nitro groups is 1. The number of carbonyl (C=O) groups excluding carboxylic acids is 1. The van der Waals surface area contributed by atoms with Gasteiger partial charge in [0.05, 0.1) is 16.0 Å². The van der Waals surface area contributed by atoms with Crippen molar-refractivity contribution in [3.8, 4) is 0 Å².